The number of aryl methyl sites for hydroxylation is 1. The quantitative estimate of drug-likeness (QED) is 0.876. The molecule has 1 fully saturated rings. The van der Waals surface area contributed by atoms with Gasteiger partial charge < -0.3 is 15.5 Å². The Kier molecular flexibility index (Phi) is 5.31. The number of piperidine rings is 1. The summed E-state index contributed by atoms with van der Waals surface area (Å²) in [6.07, 6.45) is 4.75. The topological polar surface area (TPSA) is 58.3 Å². The first-order valence-corrected chi connectivity index (χ1v) is 7.56. The van der Waals surface area contributed by atoms with E-state index in [0.29, 0.717) is 12.6 Å². The second-order valence-corrected chi connectivity index (χ2v) is 5.81. The van der Waals surface area contributed by atoms with Gasteiger partial charge in [0, 0.05) is 37.8 Å². The lowest BCUT2D eigenvalue weighted by Crippen LogP contribution is -2.44. The van der Waals surface area contributed by atoms with Crippen LogP contribution in [0.15, 0.2) is 6.07 Å². The van der Waals surface area contributed by atoms with Crippen molar-refractivity contribution in [3.05, 3.63) is 17.6 Å². The minimum atomic E-state index is 0.627. The molecule has 1 unspecified atom stereocenters. The Morgan fingerprint density at radius 3 is 2.90 bits per heavy atom. The predicted molar refractivity (Wildman–Crippen MR) is 83.1 cm³/mol. The fraction of sp³-hybridized carbons (Fsp3) is 0.733. The van der Waals surface area contributed by atoms with Crippen molar-refractivity contribution in [1.29, 1.82) is 0 Å². The lowest BCUT2D eigenvalue weighted by molar-refractivity contribution is 0.189. The van der Waals surface area contributed by atoms with Gasteiger partial charge in [0.25, 0.3) is 0 Å². The number of nitrogens with two attached hydrogens (primary N) is 1. The van der Waals surface area contributed by atoms with E-state index in [-0.39, 0.29) is 0 Å². The van der Waals surface area contributed by atoms with Crippen molar-refractivity contribution >= 4 is 5.82 Å². The maximum atomic E-state index is 5.62. The first-order chi connectivity index (χ1) is 9.60. The normalized spacial score (nSPS) is 20.1. The maximum absolute atomic E-state index is 5.62. The van der Waals surface area contributed by atoms with E-state index in [1.807, 2.05) is 6.92 Å². The molecule has 1 aliphatic heterocycles. The van der Waals surface area contributed by atoms with Crippen molar-refractivity contribution in [2.75, 3.05) is 38.6 Å². The fourth-order valence-corrected chi connectivity index (χ4v) is 2.87. The summed E-state index contributed by atoms with van der Waals surface area (Å²) in [6, 6.07) is 2.70. The van der Waals surface area contributed by atoms with Gasteiger partial charge in [0.05, 0.1) is 0 Å². The summed E-state index contributed by atoms with van der Waals surface area (Å²) in [5.41, 5.74) is 6.66. The molecule has 1 aromatic rings. The number of hydrogen-bond acceptors (Lipinski definition) is 5. The first kappa shape index (κ1) is 15.2. The summed E-state index contributed by atoms with van der Waals surface area (Å²) in [7, 11) is 4.35. The third kappa shape index (κ3) is 3.90. The van der Waals surface area contributed by atoms with E-state index in [1.165, 1.54) is 25.8 Å². The number of rotatable bonds is 5. The number of aromatic nitrogens is 2. The molecular formula is C15H27N5. The minimum absolute atomic E-state index is 0.627. The van der Waals surface area contributed by atoms with Crippen molar-refractivity contribution < 1.29 is 0 Å². The highest BCUT2D eigenvalue weighted by Crippen LogP contribution is 2.18. The highest BCUT2D eigenvalue weighted by atomic mass is 15.2. The van der Waals surface area contributed by atoms with E-state index in [1.54, 1.807) is 0 Å². The van der Waals surface area contributed by atoms with Gasteiger partial charge in [0.15, 0.2) is 0 Å². The molecule has 0 amide bonds. The number of nitrogens with zero attached hydrogens (tertiary/aromatic N) is 4. The minimum Gasteiger partial charge on any atom is -0.358 e. The molecule has 1 saturated heterocycles. The Bertz CT molecular complexity index is 434. The van der Waals surface area contributed by atoms with Crippen LogP contribution >= 0.6 is 0 Å². The van der Waals surface area contributed by atoms with Gasteiger partial charge in [0.1, 0.15) is 11.6 Å². The summed E-state index contributed by atoms with van der Waals surface area (Å²) in [4.78, 5) is 13.7. The molecule has 0 radical (unpaired) electrons. The van der Waals surface area contributed by atoms with Crippen molar-refractivity contribution in [3.63, 3.8) is 0 Å². The van der Waals surface area contributed by atoms with Crippen LogP contribution in [-0.2, 0) is 6.42 Å². The van der Waals surface area contributed by atoms with Crippen LogP contribution in [0.2, 0.25) is 0 Å². The summed E-state index contributed by atoms with van der Waals surface area (Å²) in [5.74, 6) is 1.84. The van der Waals surface area contributed by atoms with Gasteiger partial charge in [-0.3, -0.25) is 0 Å². The van der Waals surface area contributed by atoms with Crippen LogP contribution < -0.4 is 10.6 Å². The Morgan fingerprint density at radius 2 is 2.20 bits per heavy atom. The highest BCUT2D eigenvalue weighted by Gasteiger charge is 2.21. The van der Waals surface area contributed by atoms with Gasteiger partial charge in [-0.25, -0.2) is 9.97 Å². The standard InChI is InChI=1S/C15H27N5/c1-12-17-13(7-8-16)10-15(18-12)20(3)11-14-6-4-5-9-19(14)2/h10,14H,4-9,11,16H2,1-3H3. The zero-order valence-corrected chi connectivity index (χ0v) is 13.0. The Labute approximate surface area is 122 Å². The lowest BCUT2D eigenvalue weighted by Gasteiger charge is -2.35. The molecule has 1 atom stereocenters. The second-order valence-electron chi connectivity index (χ2n) is 5.81. The molecule has 2 N–H and O–H groups in total. The summed E-state index contributed by atoms with van der Waals surface area (Å²) < 4.78 is 0. The van der Waals surface area contributed by atoms with Gasteiger partial charge in [0.2, 0.25) is 0 Å². The van der Waals surface area contributed by atoms with E-state index in [0.717, 1.165) is 30.3 Å². The average molecular weight is 277 g/mol. The first-order valence-electron chi connectivity index (χ1n) is 7.56. The molecule has 2 heterocycles. The number of likely N-dealkylation sites (N-methyl/N-ethyl adjacent to an activating group) is 2. The zero-order chi connectivity index (χ0) is 14.5. The molecule has 20 heavy (non-hydrogen) atoms. The third-order valence-corrected chi connectivity index (χ3v) is 4.08. The number of anilines is 1. The summed E-state index contributed by atoms with van der Waals surface area (Å²) in [5, 5.41) is 0. The van der Waals surface area contributed by atoms with E-state index in [9.17, 15) is 0 Å². The van der Waals surface area contributed by atoms with E-state index >= 15 is 0 Å². The SMILES string of the molecule is Cc1nc(CCN)cc(N(C)CC2CCCCN2C)n1. The van der Waals surface area contributed by atoms with Crippen LogP contribution in [0, 0.1) is 6.92 Å². The average Bonchev–Trinajstić information content (AvgIpc) is 2.41. The lowest BCUT2D eigenvalue weighted by atomic mass is 10.0. The molecule has 0 bridgehead atoms. The molecule has 5 heteroatoms. The van der Waals surface area contributed by atoms with E-state index < -0.39 is 0 Å². The Morgan fingerprint density at radius 1 is 1.40 bits per heavy atom. The second kappa shape index (κ2) is 6.99. The van der Waals surface area contributed by atoms with Gasteiger partial charge in [-0.05, 0) is 39.9 Å². The summed E-state index contributed by atoms with van der Waals surface area (Å²) in [6.45, 7) is 4.81. The van der Waals surface area contributed by atoms with Crippen LogP contribution in [0.3, 0.4) is 0 Å². The molecule has 1 aromatic heterocycles. The van der Waals surface area contributed by atoms with Gasteiger partial charge in [-0.2, -0.15) is 0 Å². The molecule has 112 valence electrons. The van der Waals surface area contributed by atoms with Crippen LogP contribution in [0.4, 0.5) is 5.82 Å². The molecule has 1 aliphatic rings. The van der Waals surface area contributed by atoms with E-state index in [4.69, 9.17) is 5.73 Å². The summed E-state index contributed by atoms with van der Waals surface area (Å²) >= 11 is 0. The molecule has 0 aliphatic carbocycles. The van der Waals surface area contributed by atoms with Gasteiger partial charge in [-0.1, -0.05) is 6.42 Å². The number of likely N-dealkylation sites (tertiary alicyclic amines) is 1. The smallest absolute Gasteiger partial charge is 0.132 e. The molecule has 0 saturated carbocycles. The van der Waals surface area contributed by atoms with Crippen LogP contribution in [-0.4, -0.2) is 54.6 Å². The maximum Gasteiger partial charge on any atom is 0.132 e. The molecular weight excluding hydrogens is 250 g/mol. The zero-order valence-electron chi connectivity index (χ0n) is 13.0. The number of hydrogen-bond donors (Lipinski definition) is 1. The van der Waals surface area contributed by atoms with Gasteiger partial charge >= 0.3 is 0 Å². The molecule has 0 spiro atoms. The van der Waals surface area contributed by atoms with Crippen LogP contribution in [0.5, 0.6) is 0 Å². The monoisotopic (exact) mass is 277 g/mol. The highest BCUT2D eigenvalue weighted by molar-refractivity contribution is 5.39. The van der Waals surface area contributed by atoms with E-state index in [2.05, 4.69) is 39.9 Å². The molecule has 2 rings (SSSR count). The van der Waals surface area contributed by atoms with Gasteiger partial charge in [-0.15, -0.1) is 0 Å². The van der Waals surface area contributed by atoms with Crippen molar-refractivity contribution in [2.45, 2.75) is 38.6 Å². The third-order valence-electron chi connectivity index (χ3n) is 4.08. The Balaban J connectivity index is 2.05. The molecule has 0 aromatic carbocycles. The fourth-order valence-electron chi connectivity index (χ4n) is 2.87. The van der Waals surface area contributed by atoms with Crippen LogP contribution in [0.25, 0.3) is 0 Å². The van der Waals surface area contributed by atoms with Crippen molar-refractivity contribution in [2.24, 2.45) is 5.73 Å². The predicted octanol–water partition coefficient (Wildman–Crippen LogP) is 1.21. The Hall–Kier alpha value is -1.20. The van der Waals surface area contributed by atoms with Crippen molar-refractivity contribution in [1.82, 2.24) is 14.9 Å². The van der Waals surface area contributed by atoms with Crippen LogP contribution in [0.1, 0.15) is 30.8 Å². The largest absolute Gasteiger partial charge is 0.358 e. The molecule has 5 nitrogen and oxygen atoms in total. The van der Waals surface area contributed by atoms with Crippen molar-refractivity contribution in [3.8, 4) is 0 Å².